The van der Waals surface area contributed by atoms with Gasteiger partial charge in [0.1, 0.15) is 0 Å². The predicted octanol–water partition coefficient (Wildman–Crippen LogP) is 2.08. The molecule has 0 atom stereocenters. The van der Waals surface area contributed by atoms with Crippen molar-refractivity contribution in [2.45, 2.75) is 13.5 Å². The monoisotopic (exact) mass is 305 g/mol. The average Bonchev–Trinajstić information content (AvgIpc) is 2.53. The van der Waals surface area contributed by atoms with Gasteiger partial charge in [0.25, 0.3) is 5.91 Å². The van der Waals surface area contributed by atoms with E-state index in [0.717, 1.165) is 5.56 Å². The summed E-state index contributed by atoms with van der Waals surface area (Å²) in [4.78, 5) is 22.2. The number of anilines is 1. The van der Waals surface area contributed by atoms with Gasteiger partial charge in [0.2, 0.25) is 0 Å². The average molecular weight is 306 g/mol. The fourth-order valence-corrected chi connectivity index (χ4v) is 2.10. The number of rotatable bonds is 5. The maximum Gasteiger partial charge on any atom is 0.255 e. The van der Waals surface area contributed by atoms with Gasteiger partial charge in [-0.2, -0.15) is 0 Å². The SMILES string of the molecule is CCN(Cc1ccncc1)C(=O)c1cnc(NN)c(Cl)c1. The van der Waals surface area contributed by atoms with E-state index in [1.165, 1.54) is 6.20 Å². The molecule has 2 aromatic rings. The van der Waals surface area contributed by atoms with Crippen LogP contribution in [0.4, 0.5) is 5.82 Å². The number of amides is 1. The van der Waals surface area contributed by atoms with Crippen LogP contribution in [0.2, 0.25) is 5.02 Å². The second-order valence-electron chi connectivity index (χ2n) is 4.37. The van der Waals surface area contributed by atoms with Gasteiger partial charge in [0.15, 0.2) is 5.82 Å². The molecule has 21 heavy (non-hydrogen) atoms. The topological polar surface area (TPSA) is 84.1 Å². The minimum absolute atomic E-state index is 0.132. The first kappa shape index (κ1) is 15.2. The van der Waals surface area contributed by atoms with E-state index >= 15 is 0 Å². The van der Waals surface area contributed by atoms with Gasteiger partial charge < -0.3 is 10.3 Å². The summed E-state index contributed by atoms with van der Waals surface area (Å²) in [6.07, 6.45) is 4.86. The quantitative estimate of drug-likeness (QED) is 0.652. The Hall–Kier alpha value is -2.18. The van der Waals surface area contributed by atoms with Crippen molar-refractivity contribution >= 4 is 23.3 Å². The number of nitrogens with zero attached hydrogens (tertiary/aromatic N) is 3. The minimum Gasteiger partial charge on any atom is -0.335 e. The van der Waals surface area contributed by atoms with Gasteiger partial charge in [0.05, 0.1) is 10.6 Å². The molecule has 0 radical (unpaired) electrons. The Morgan fingerprint density at radius 3 is 2.71 bits per heavy atom. The molecule has 2 aromatic heterocycles. The zero-order valence-electron chi connectivity index (χ0n) is 11.6. The Bertz CT molecular complexity index is 620. The summed E-state index contributed by atoms with van der Waals surface area (Å²) in [5.41, 5.74) is 3.81. The van der Waals surface area contributed by atoms with Crippen LogP contribution in [0.5, 0.6) is 0 Å². The molecule has 0 saturated heterocycles. The lowest BCUT2D eigenvalue weighted by molar-refractivity contribution is 0.0752. The van der Waals surface area contributed by atoms with Gasteiger partial charge >= 0.3 is 0 Å². The second kappa shape index (κ2) is 7.01. The van der Waals surface area contributed by atoms with Crippen molar-refractivity contribution in [2.75, 3.05) is 12.0 Å². The first-order valence-electron chi connectivity index (χ1n) is 6.46. The van der Waals surface area contributed by atoms with Crippen molar-refractivity contribution in [1.29, 1.82) is 0 Å². The molecule has 7 heteroatoms. The lowest BCUT2D eigenvalue weighted by Gasteiger charge is -2.21. The van der Waals surface area contributed by atoms with E-state index in [0.29, 0.717) is 29.5 Å². The number of aromatic nitrogens is 2. The Labute approximate surface area is 127 Å². The zero-order chi connectivity index (χ0) is 15.2. The van der Waals surface area contributed by atoms with E-state index in [4.69, 9.17) is 17.4 Å². The van der Waals surface area contributed by atoms with Crippen LogP contribution in [-0.2, 0) is 6.54 Å². The van der Waals surface area contributed by atoms with E-state index < -0.39 is 0 Å². The Morgan fingerprint density at radius 2 is 2.14 bits per heavy atom. The molecule has 0 aliphatic rings. The number of pyridine rings is 2. The van der Waals surface area contributed by atoms with Crippen molar-refractivity contribution in [2.24, 2.45) is 5.84 Å². The number of nitrogens with two attached hydrogens (primary N) is 1. The Balaban J connectivity index is 2.18. The largest absolute Gasteiger partial charge is 0.335 e. The zero-order valence-corrected chi connectivity index (χ0v) is 12.3. The normalized spacial score (nSPS) is 10.2. The molecule has 0 spiro atoms. The number of hydrazine groups is 1. The third-order valence-electron chi connectivity index (χ3n) is 3.02. The highest BCUT2D eigenvalue weighted by Crippen LogP contribution is 2.20. The highest BCUT2D eigenvalue weighted by molar-refractivity contribution is 6.33. The van der Waals surface area contributed by atoms with Crippen molar-refractivity contribution in [3.8, 4) is 0 Å². The number of nitrogens with one attached hydrogen (secondary N) is 1. The standard InChI is InChI=1S/C14H16ClN5O/c1-2-20(9-10-3-5-17-6-4-10)14(21)11-7-12(15)13(19-16)18-8-11/h3-8H,2,9,16H2,1H3,(H,18,19). The molecule has 110 valence electrons. The summed E-state index contributed by atoms with van der Waals surface area (Å²) < 4.78 is 0. The number of carbonyl (C=O) groups is 1. The molecule has 0 aliphatic carbocycles. The third kappa shape index (κ3) is 3.68. The molecular weight excluding hydrogens is 290 g/mol. The second-order valence-corrected chi connectivity index (χ2v) is 4.78. The highest BCUT2D eigenvalue weighted by atomic mass is 35.5. The predicted molar refractivity (Wildman–Crippen MR) is 81.7 cm³/mol. The van der Waals surface area contributed by atoms with E-state index in [9.17, 15) is 4.79 Å². The summed E-state index contributed by atoms with van der Waals surface area (Å²) in [5, 5.41) is 0.309. The van der Waals surface area contributed by atoms with Crippen LogP contribution < -0.4 is 11.3 Å². The van der Waals surface area contributed by atoms with E-state index in [1.807, 2.05) is 19.1 Å². The van der Waals surface area contributed by atoms with Gasteiger partial charge in [-0.05, 0) is 30.7 Å². The Kier molecular flexibility index (Phi) is 5.08. The van der Waals surface area contributed by atoms with Crippen molar-refractivity contribution in [1.82, 2.24) is 14.9 Å². The maximum atomic E-state index is 12.5. The maximum absolute atomic E-state index is 12.5. The van der Waals surface area contributed by atoms with Gasteiger partial charge in [0, 0.05) is 31.7 Å². The summed E-state index contributed by atoms with van der Waals surface area (Å²) >= 11 is 6.00. The van der Waals surface area contributed by atoms with Gasteiger partial charge in [-0.15, -0.1) is 0 Å². The fraction of sp³-hybridized carbons (Fsp3) is 0.214. The van der Waals surface area contributed by atoms with Crippen LogP contribution in [0.3, 0.4) is 0 Å². The number of nitrogen functional groups attached to an aromatic ring is 1. The van der Waals surface area contributed by atoms with Crippen LogP contribution >= 0.6 is 11.6 Å². The molecule has 0 bridgehead atoms. The summed E-state index contributed by atoms with van der Waals surface area (Å²) in [7, 11) is 0. The number of carbonyl (C=O) groups excluding carboxylic acids is 1. The molecular formula is C14H16ClN5O. The van der Waals surface area contributed by atoms with Crippen LogP contribution in [0.1, 0.15) is 22.8 Å². The molecule has 0 aliphatic heterocycles. The van der Waals surface area contributed by atoms with Crippen LogP contribution in [0.25, 0.3) is 0 Å². The lowest BCUT2D eigenvalue weighted by Crippen LogP contribution is -2.30. The first-order chi connectivity index (χ1) is 10.2. The van der Waals surface area contributed by atoms with Crippen LogP contribution in [0, 0.1) is 0 Å². The molecule has 6 nitrogen and oxygen atoms in total. The summed E-state index contributed by atoms with van der Waals surface area (Å²) in [5.74, 6) is 5.47. The van der Waals surface area contributed by atoms with Crippen LogP contribution in [0.15, 0.2) is 36.8 Å². The van der Waals surface area contributed by atoms with Crippen molar-refractivity contribution in [3.05, 3.63) is 52.9 Å². The molecule has 1 amide bonds. The fourth-order valence-electron chi connectivity index (χ4n) is 1.88. The summed E-state index contributed by atoms with van der Waals surface area (Å²) in [6, 6.07) is 5.31. The third-order valence-corrected chi connectivity index (χ3v) is 3.30. The van der Waals surface area contributed by atoms with Gasteiger partial charge in [-0.25, -0.2) is 10.8 Å². The lowest BCUT2D eigenvalue weighted by atomic mass is 10.2. The molecule has 0 fully saturated rings. The van der Waals surface area contributed by atoms with Crippen LogP contribution in [-0.4, -0.2) is 27.3 Å². The molecule has 0 aromatic carbocycles. The molecule has 2 heterocycles. The molecule has 0 unspecified atom stereocenters. The highest BCUT2D eigenvalue weighted by Gasteiger charge is 2.16. The van der Waals surface area contributed by atoms with Gasteiger partial charge in [-0.1, -0.05) is 11.6 Å². The smallest absolute Gasteiger partial charge is 0.255 e. The molecule has 3 N–H and O–H groups in total. The van der Waals surface area contributed by atoms with Gasteiger partial charge in [-0.3, -0.25) is 9.78 Å². The van der Waals surface area contributed by atoms with E-state index in [2.05, 4.69) is 15.4 Å². The first-order valence-corrected chi connectivity index (χ1v) is 6.83. The van der Waals surface area contributed by atoms with Crippen molar-refractivity contribution in [3.63, 3.8) is 0 Å². The van der Waals surface area contributed by atoms with E-state index in [1.54, 1.807) is 23.4 Å². The number of hydrogen-bond donors (Lipinski definition) is 2. The van der Waals surface area contributed by atoms with E-state index in [-0.39, 0.29) is 5.91 Å². The van der Waals surface area contributed by atoms with Crippen molar-refractivity contribution < 1.29 is 4.79 Å². The summed E-state index contributed by atoms with van der Waals surface area (Å²) in [6.45, 7) is 3.01. The number of halogens is 1. The minimum atomic E-state index is -0.132. The number of hydrogen-bond acceptors (Lipinski definition) is 5. The molecule has 0 saturated carbocycles. The Morgan fingerprint density at radius 1 is 1.43 bits per heavy atom. The molecule has 2 rings (SSSR count).